The molecule has 3 aromatic rings. The molecule has 27 heavy (non-hydrogen) atoms. The maximum atomic E-state index is 12.4. The number of carbonyl (C=O) groups excluding carboxylic acids is 1. The Bertz CT molecular complexity index is 933. The van der Waals surface area contributed by atoms with E-state index >= 15 is 0 Å². The number of halogens is 1. The maximum Gasteiger partial charge on any atom is 0.231 e. The fourth-order valence-electron chi connectivity index (χ4n) is 3.05. The molecule has 4 rings (SSSR count). The van der Waals surface area contributed by atoms with Crippen LogP contribution in [-0.2, 0) is 22.5 Å². The number of amides is 1. The molecule has 1 aromatic carbocycles. The number of anilines is 1. The quantitative estimate of drug-likeness (QED) is 0.679. The molecule has 8 heteroatoms. The van der Waals surface area contributed by atoms with Crippen LogP contribution in [0.2, 0.25) is 5.02 Å². The first-order valence-corrected chi connectivity index (χ1v) is 10.0. The van der Waals surface area contributed by atoms with E-state index in [0.717, 1.165) is 42.4 Å². The summed E-state index contributed by atoms with van der Waals surface area (Å²) in [6.07, 6.45) is 2.93. The predicted octanol–water partition coefficient (Wildman–Crippen LogP) is 3.88. The summed E-state index contributed by atoms with van der Waals surface area (Å²) in [6.45, 7) is 2.29. The Kier molecular flexibility index (Phi) is 5.52. The minimum atomic E-state index is -0.115. The molecule has 1 atom stereocenters. The Morgan fingerprint density at radius 2 is 2.26 bits per heavy atom. The number of rotatable bonds is 6. The van der Waals surface area contributed by atoms with Crippen molar-refractivity contribution >= 4 is 34.7 Å². The summed E-state index contributed by atoms with van der Waals surface area (Å²) in [7, 11) is 0. The molecule has 3 heterocycles. The molecule has 6 nitrogen and oxygen atoms in total. The lowest BCUT2D eigenvalue weighted by atomic mass is 10.1. The van der Waals surface area contributed by atoms with Crippen LogP contribution in [0, 0.1) is 5.92 Å². The summed E-state index contributed by atoms with van der Waals surface area (Å²) < 4.78 is 7.23. The fraction of sp³-hybridized carbons (Fsp3) is 0.316. The second kappa shape index (κ2) is 8.21. The van der Waals surface area contributed by atoms with Gasteiger partial charge in [0.25, 0.3) is 0 Å². The van der Waals surface area contributed by atoms with Gasteiger partial charge in [-0.15, -0.1) is 11.3 Å². The molecule has 140 valence electrons. The van der Waals surface area contributed by atoms with Crippen LogP contribution in [0.4, 0.5) is 5.82 Å². The zero-order valence-corrected chi connectivity index (χ0v) is 16.2. The van der Waals surface area contributed by atoms with Crippen molar-refractivity contribution < 1.29 is 9.53 Å². The minimum Gasteiger partial charge on any atom is -0.381 e. The highest BCUT2D eigenvalue weighted by Crippen LogP contribution is 2.30. The van der Waals surface area contributed by atoms with Gasteiger partial charge in [0.15, 0.2) is 0 Å². The van der Waals surface area contributed by atoms with Gasteiger partial charge in [-0.2, -0.15) is 5.10 Å². The van der Waals surface area contributed by atoms with Crippen molar-refractivity contribution in [1.29, 1.82) is 0 Å². The van der Waals surface area contributed by atoms with E-state index in [9.17, 15) is 4.79 Å². The van der Waals surface area contributed by atoms with Gasteiger partial charge in [0.2, 0.25) is 5.91 Å². The largest absolute Gasteiger partial charge is 0.381 e. The molecule has 0 spiro atoms. The van der Waals surface area contributed by atoms with Crippen molar-refractivity contribution in [2.24, 2.45) is 5.92 Å². The van der Waals surface area contributed by atoms with Crippen molar-refractivity contribution in [3.63, 3.8) is 0 Å². The van der Waals surface area contributed by atoms with Gasteiger partial charge in [0.1, 0.15) is 10.8 Å². The van der Waals surface area contributed by atoms with Crippen LogP contribution in [0.3, 0.4) is 0 Å². The highest BCUT2D eigenvalue weighted by Gasteiger charge is 2.18. The number of thiazole rings is 1. The molecule has 1 fully saturated rings. The lowest BCUT2D eigenvalue weighted by molar-refractivity contribution is -0.115. The fourth-order valence-corrected chi connectivity index (χ4v) is 4.19. The van der Waals surface area contributed by atoms with E-state index in [1.165, 1.54) is 11.3 Å². The first kappa shape index (κ1) is 18.2. The molecule has 1 aliphatic heterocycles. The van der Waals surface area contributed by atoms with E-state index in [0.29, 0.717) is 16.8 Å². The summed E-state index contributed by atoms with van der Waals surface area (Å²) in [5, 5.41) is 10.6. The number of hydrogen-bond donors (Lipinski definition) is 1. The smallest absolute Gasteiger partial charge is 0.231 e. The number of nitrogens with zero attached hydrogens (tertiary/aromatic N) is 3. The maximum absolute atomic E-state index is 12.4. The Labute approximate surface area is 166 Å². The number of hydrogen-bond acceptors (Lipinski definition) is 5. The lowest BCUT2D eigenvalue weighted by Gasteiger charge is -2.12. The summed E-state index contributed by atoms with van der Waals surface area (Å²) in [5.41, 5.74) is 1.61. The minimum absolute atomic E-state index is 0.115. The number of ether oxygens (including phenoxy) is 1. The normalized spacial score (nSPS) is 16.6. The second-order valence-electron chi connectivity index (χ2n) is 6.48. The van der Waals surface area contributed by atoms with E-state index in [1.54, 1.807) is 6.20 Å². The van der Waals surface area contributed by atoms with Gasteiger partial charge in [-0.3, -0.25) is 4.79 Å². The molecular formula is C19H19ClN4O2S. The third kappa shape index (κ3) is 4.37. The van der Waals surface area contributed by atoms with Crippen molar-refractivity contribution in [2.75, 3.05) is 18.5 Å². The molecular weight excluding hydrogens is 384 g/mol. The lowest BCUT2D eigenvalue weighted by Crippen LogP contribution is -2.20. The van der Waals surface area contributed by atoms with Gasteiger partial charge in [-0.1, -0.05) is 29.8 Å². The molecule has 0 radical (unpaired) electrons. The molecule has 0 bridgehead atoms. The summed E-state index contributed by atoms with van der Waals surface area (Å²) >= 11 is 7.71. The van der Waals surface area contributed by atoms with Crippen molar-refractivity contribution in [3.05, 3.63) is 52.6 Å². The standard InChI is InChI=1S/C19H19ClN4O2S/c20-16-4-2-1-3-15(16)19-22-14(12-27-19)9-18(25)23-17-5-7-21-24(17)10-13-6-8-26-11-13/h1-5,7,12-13H,6,8-11H2,(H,23,25). The van der Waals surface area contributed by atoms with E-state index in [2.05, 4.69) is 15.4 Å². The second-order valence-corrected chi connectivity index (χ2v) is 7.74. The molecule has 0 aliphatic carbocycles. The Hall–Kier alpha value is -2.22. The van der Waals surface area contributed by atoms with E-state index < -0.39 is 0 Å². The highest BCUT2D eigenvalue weighted by atomic mass is 35.5. The zero-order chi connectivity index (χ0) is 18.6. The van der Waals surface area contributed by atoms with Crippen LogP contribution in [0.15, 0.2) is 41.9 Å². The highest BCUT2D eigenvalue weighted by molar-refractivity contribution is 7.13. The van der Waals surface area contributed by atoms with Crippen molar-refractivity contribution in [1.82, 2.24) is 14.8 Å². The molecule has 1 saturated heterocycles. The van der Waals surface area contributed by atoms with Crippen molar-refractivity contribution in [3.8, 4) is 10.6 Å². The van der Waals surface area contributed by atoms with E-state index in [4.69, 9.17) is 16.3 Å². The summed E-state index contributed by atoms with van der Waals surface area (Å²) in [5.74, 6) is 1.03. The molecule has 1 N–H and O–H groups in total. The van der Waals surface area contributed by atoms with Crippen LogP contribution < -0.4 is 5.32 Å². The summed E-state index contributed by atoms with van der Waals surface area (Å²) in [4.78, 5) is 17.0. The van der Waals surface area contributed by atoms with Crippen LogP contribution in [-0.4, -0.2) is 33.9 Å². The summed E-state index contributed by atoms with van der Waals surface area (Å²) in [6, 6.07) is 9.38. The first-order valence-electron chi connectivity index (χ1n) is 8.78. The average molecular weight is 403 g/mol. The SMILES string of the molecule is O=C(Cc1csc(-c2ccccc2Cl)n1)Nc1ccnn1CC1CCOC1. The third-order valence-electron chi connectivity index (χ3n) is 4.44. The number of carbonyl (C=O) groups is 1. The van der Waals surface area contributed by atoms with E-state index in [1.807, 2.05) is 40.4 Å². The van der Waals surface area contributed by atoms with Gasteiger partial charge < -0.3 is 10.1 Å². The zero-order valence-electron chi connectivity index (χ0n) is 14.6. The van der Waals surface area contributed by atoms with Crippen molar-refractivity contribution in [2.45, 2.75) is 19.4 Å². The van der Waals surface area contributed by atoms with Crippen LogP contribution in [0.5, 0.6) is 0 Å². The van der Waals surface area contributed by atoms with Crippen LogP contribution in [0.25, 0.3) is 10.6 Å². The molecule has 1 unspecified atom stereocenters. The van der Waals surface area contributed by atoms with Gasteiger partial charge >= 0.3 is 0 Å². The van der Waals surface area contributed by atoms with Gasteiger partial charge in [0, 0.05) is 36.1 Å². The topological polar surface area (TPSA) is 69.0 Å². The number of nitrogens with one attached hydrogen (secondary N) is 1. The predicted molar refractivity (Wildman–Crippen MR) is 106 cm³/mol. The molecule has 1 amide bonds. The average Bonchev–Trinajstić information content (AvgIpc) is 3.40. The molecule has 0 saturated carbocycles. The number of aromatic nitrogens is 3. The Morgan fingerprint density at radius 1 is 1.37 bits per heavy atom. The van der Waals surface area contributed by atoms with Gasteiger partial charge in [-0.05, 0) is 12.5 Å². The third-order valence-corrected chi connectivity index (χ3v) is 5.69. The molecule has 2 aromatic heterocycles. The number of benzene rings is 1. The van der Waals surface area contributed by atoms with Crippen LogP contribution >= 0.6 is 22.9 Å². The Balaban J connectivity index is 1.39. The monoisotopic (exact) mass is 402 g/mol. The Morgan fingerprint density at radius 3 is 3.07 bits per heavy atom. The van der Waals surface area contributed by atoms with Gasteiger partial charge in [-0.25, -0.2) is 9.67 Å². The van der Waals surface area contributed by atoms with Gasteiger partial charge in [0.05, 0.1) is 29.9 Å². The molecule has 1 aliphatic rings. The first-order chi connectivity index (χ1) is 13.2. The van der Waals surface area contributed by atoms with Crippen LogP contribution in [0.1, 0.15) is 12.1 Å². The van der Waals surface area contributed by atoms with E-state index in [-0.39, 0.29) is 12.3 Å².